The van der Waals surface area contributed by atoms with Crippen molar-refractivity contribution >= 4 is 21.4 Å². The minimum absolute atomic E-state index is 0.184. The van der Waals surface area contributed by atoms with E-state index in [0.717, 1.165) is 30.3 Å². The zero-order valence-electron chi connectivity index (χ0n) is 10.6. The topological polar surface area (TPSA) is 58.2 Å². The average Bonchev–Trinajstić information content (AvgIpc) is 2.85. The van der Waals surface area contributed by atoms with Gasteiger partial charge in [-0.2, -0.15) is 0 Å². The third kappa shape index (κ3) is 2.46. The van der Waals surface area contributed by atoms with Crippen LogP contribution >= 0.6 is 0 Å². The van der Waals surface area contributed by atoms with Gasteiger partial charge in [-0.1, -0.05) is 6.07 Å². The van der Waals surface area contributed by atoms with Gasteiger partial charge in [-0.05, 0) is 48.4 Å². The summed E-state index contributed by atoms with van der Waals surface area (Å²) in [7, 11) is -3.70. The maximum absolute atomic E-state index is 13.1. The predicted octanol–water partition coefficient (Wildman–Crippen LogP) is 2.59. The molecule has 0 amide bonds. The van der Waals surface area contributed by atoms with E-state index >= 15 is 0 Å². The summed E-state index contributed by atoms with van der Waals surface area (Å²) in [5.41, 5.74) is 2.16. The molecule has 2 aromatic rings. The molecule has 0 atom stereocenters. The smallest absolute Gasteiger partial charge is 0.261 e. The lowest BCUT2D eigenvalue weighted by Gasteiger charge is -2.09. The van der Waals surface area contributed by atoms with Crippen molar-refractivity contribution in [1.82, 2.24) is 0 Å². The largest absolute Gasteiger partial charge is 0.384 e. The highest BCUT2D eigenvalue weighted by molar-refractivity contribution is 7.92. The Balaban J connectivity index is 1.92. The van der Waals surface area contributed by atoms with Gasteiger partial charge in [0.05, 0.1) is 10.6 Å². The van der Waals surface area contributed by atoms with E-state index in [1.54, 1.807) is 18.2 Å². The maximum atomic E-state index is 13.1. The summed E-state index contributed by atoms with van der Waals surface area (Å²) in [5.74, 6) is -0.483. The summed E-state index contributed by atoms with van der Waals surface area (Å²) in [6, 6.07) is 10.3. The molecule has 1 heterocycles. The molecule has 0 spiro atoms. The predicted molar refractivity (Wildman–Crippen MR) is 75.8 cm³/mol. The van der Waals surface area contributed by atoms with E-state index in [1.165, 1.54) is 18.2 Å². The highest BCUT2D eigenvalue weighted by Gasteiger charge is 2.18. The number of hydrogen-bond acceptors (Lipinski definition) is 3. The third-order valence-corrected chi connectivity index (χ3v) is 4.55. The molecule has 6 heteroatoms. The molecule has 2 N–H and O–H groups in total. The lowest BCUT2D eigenvalue weighted by atomic mass is 10.2. The second-order valence-electron chi connectivity index (χ2n) is 4.61. The molecule has 0 saturated heterocycles. The summed E-state index contributed by atoms with van der Waals surface area (Å²) >= 11 is 0. The highest BCUT2D eigenvalue weighted by Crippen LogP contribution is 2.26. The van der Waals surface area contributed by atoms with Gasteiger partial charge in [0, 0.05) is 12.2 Å². The van der Waals surface area contributed by atoms with Crippen LogP contribution in [0.15, 0.2) is 47.4 Å². The first-order valence-electron chi connectivity index (χ1n) is 6.20. The van der Waals surface area contributed by atoms with Crippen LogP contribution in [0, 0.1) is 5.82 Å². The Labute approximate surface area is 116 Å². The summed E-state index contributed by atoms with van der Waals surface area (Å²) < 4.78 is 40.0. The maximum Gasteiger partial charge on any atom is 0.261 e. The van der Waals surface area contributed by atoms with E-state index in [0.29, 0.717) is 0 Å². The Morgan fingerprint density at radius 1 is 1.15 bits per heavy atom. The zero-order valence-corrected chi connectivity index (χ0v) is 11.4. The van der Waals surface area contributed by atoms with E-state index < -0.39 is 15.8 Å². The van der Waals surface area contributed by atoms with Crippen molar-refractivity contribution < 1.29 is 12.8 Å². The molecule has 1 aliphatic heterocycles. The minimum atomic E-state index is -3.70. The first-order chi connectivity index (χ1) is 9.54. The number of fused-ring (bicyclic) bond motifs is 1. The van der Waals surface area contributed by atoms with Crippen molar-refractivity contribution in [2.45, 2.75) is 11.3 Å². The number of anilines is 2. The number of sulfonamides is 1. The SMILES string of the molecule is O=S(=O)(Nc1cccc(F)c1)c1ccc2c(c1)CCN2. The van der Waals surface area contributed by atoms with Crippen molar-refractivity contribution in [2.24, 2.45) is 0 Å². The second kappa shape index (κ2) is 4.79. The van der Waals surface area contributed by atoms with Gasteiger partial charge >= 0.3 is 0 Å². The number of rotatable bonds is 3. The third-order valence-electron chi connectivity index (χ3n) is 3.17. The Morgan fingerprint density at radius 3 is 2.80 bits per heavy atom. The van der Waals surface area contributed by atoms with Crippen molar-refractivity contribution in [2.75, 3.05) is 16.6 Å². The number of hydrogen-bond donors (Lipinski definition) is 2. The lowest BCUT2D eigenvalue weighted by molar-refractivity contribution is 0.601. The van der Waals surface area contributed by atoms with Crippen LogP contribution in [0.4, 0.5) is 15.8 Å². The number of halogens is 1. The molecule has 0 bridgehead atoms. The molecule has 0 saturated carbocycles. The number of nitrogens with one attached hydrogen (secondary N) is 2. The highest BCUT2D eigenvalue weighted by atomic mass is 32.2. The van der Waals surface area contributed by atoms with E-state index in [2.05, 4.69) is 10.0 Å². The lowest BCUT2D eigenvalue weighted by Crippen LogP contribution is -2.13. The van der Waals surface area contributed by atoms with Crippen LogP contribution in [0.1, 0.15) is 5.56 Å². The molecular formula is C14H13FN2O2S. The van der Waals surface area contributed by atoms with Gasteiger partial charge in [0.25, 0.3) is 10.0 Å². The summed E-state index contributed by atoms with van der Waals surface area (Å²) in [5, 5.41) is 3.17. The molecule has 0 unspecified atom stereocenters. The minimum Gasteiger partial charge on any atom is -0.384 e. The fraction of sp³-hybridized carbons (Fsp3) is 0.143. The molecule has 1 aliphatic rings. The molecule has 2 aromatic carbocycles. The fourth-order valence-electron chi connectivity index (χ4n) is 2.21. The normalized spacial score (nSPS) is 13.7. The van der Waals surface area contributed by atoms with E-state index in [-0.39, 0.29) is 10.6 Å². The van der Waals surface area contributed by atoms with Gasteiger partial charge in [-0.15, -0.1) is 0 Å². The molecule has 20 heavy (non-hydrogen) atoms. The van der Waals surface area contributed by atoms with Crippen LogP contribution in [0.3, 0.4) is 0 Å². The van der Waals surface area contributed by atoms with Crippen LogP contribution in [-0.4, -0.2) is 15.0 Å². The van der Waals surface area contributed by atoms with Crippen LogP contribution < -0.4 is 10.0 Å². The fourth-order valence-corrected chi connectivity index (χ4v) is 3.31. The summed E-state index contributed by atoms with van der Waals surface area (Å²) in [6.07, 6.45) is 0.804. The first-order valence-corrected chi connectivity index (χ1v) is 7.68. The van der Waals surface area contributed by atoms with Crippen molar-refractivity contribution in [3.8, 4) is 0 Å². The van der Waals surface area contributed by atoms with Crippen molar-refractivity contribution in [3.63, 3.8) is 0 Å². The number of benzene rings is 2. The van der Waals surface area contributed by atoms with Gasteiger partial charge in [-0.25, -0.2) is 12.8 Å². The van der Waals surface area contributed by atoms with Crippen molar-refractivity contribution in [3.05, 3.63) is 53.8 Å². The first kappa shape index (κ1) is 12.9. The average molecular weight is 292 g/mol. The van der Waals surface area contributed by atoms with Gasteiger partial charge < -0.3 is 5.32 Å². The molecule has 0 aromatic heterocycles. The van der Waals surface area contributed by atoms with Gasteiger partial charge in [0.15, 0.2) is 0 Å². The summed E-state index contributed by atoms with van der Waals surface area (Å²) in [6.45, 7) is 0.816. The molecule has 0 radical (unpaired) electrons. The van der Waals surface area contributed by atoms with Crippen LogP contribution in [0.5, 0.6) is 0 Å². The van der Waals surface area contributed by atoms with Crippen LogP contribution in [-0.2, 0) is 16.4 Å². The van der Waals surface area contributed by atoms with Crippen LogP contribution in [0.25, 0.3) is 0 Å². The Hall–Kier alpha value is -2.08. The van der Waals surface area contributed by atoms with E-state index in [1.807, 2.05) is 0 Å². The standard InChI is InChI=1S/C14H13FN2O2S/c15-11-2-1-3-12(9-11)17-20(18,19)13-4-5-14-10(8-13)6-7-16-14/h1-5,8-9,16-17H,6-7H2. The molecule has 0 fully saturated rings. The Kier molecular flexibility index (Phi) is 3.10. The van der Waals surface area contributed by atoms with Crippen molar-refractivity contribution in [1.29, 1.82) is 0 Å². The zero-order chi connectivity index (χ0) is 14.2. The Morgan fingerprint density at radius 2 is 2.00 bits per heavy atom. The van der Waals surface area contributed by atoms with Crippen LogP contribution in [0.2, 0.25) is 0 Å². The van der Waals surface area contributed by atoms with E-state index in [9.17, 15) is 12.8 Å². The van der Waals surface area contributed by atoms with Gasteiger partial charge in [0.1, 0.15) is 5.82 Å². The molecule has 4 nitrogen and oxygen atoms in total. The molecule has 3 rings (SSSR count). The Bertz CT molecular complexity index is 760. The van der Waals surface area contributed by atoms with Gasteiger partial charge in [-0.3, -0.25) is 4.72 Å². The quantitative estimate of drug-likeness (QED) is 0.914. The molecular weight excluding hydrogens is 279 g/mol. The molecule has 0 aliphatic carbocycles. The molecule has 104 valence electrons. The monoisotopic (exact) mass is 292 g/mol. The van der Waals surface area contributed by atoms with E-state index in [4.69, 9.17) is 0 Å². The van der Waals surface area contributed by atoms with Gasteiger partial charge in [0.2, 0.25) is 0 Å². The second-order valence-corrected chi connectivity index (χ2v) is 6.29. The summed E-state index contributed by atoms with van der Waals surface area (Å²) in [4.78, 5) is 0.184.